The first-order chi connectivity index (χ1) is 34.3. The normalized spacial score (nSPS) is 13.9. The fourth-order valence-corrected chi connectivity index (χ4v) is 7.60. The number of aromatic nitrogens is 1. The van der Waals surface area contributed by atoms with Crippen molar-refractivity contribution >= 4 is 70.2 Å². The van der Waals surface area contributed by atoms with Crippen molar-refractivity contribution in [2.45, 2.75) is 113 Å². The Balaban J connectivity index is 1.54. The molecule has 0 spiro atoms. The first kappa shape index (κ1) is 56.4. The Morgan fingerprint density at radius 3 is 1.40 bits per heavy atom. The van der Waals surface area contributed by atoms with Crippen LogP contribution in [0.1, 0.15) is 68.1 Å². The van der Waals surface area contributed by atoms with E-state index in [1.165, 1.54) is 0 Å². The summed E-state index contributed by atoms with van der Waals surface area (Å²) in [5, 5.41) is 53.7. The number of fused-ring (bicyclic) bond motifs is 1. The highest BCUT2D eigenvalue weighted by molar-refractivity contribution is 5.98. The van der Waals surface area contributed by atoms with Crippen molar-refractivity contribution in [3.8, 4) is 0 Å². The van der Waals surface area contributed by atoms with E-state index in [1.54, 1.807) is 66.9 Å². The lowest BCUT2D eigenvalue weighted by Gasteiger charge is -2.27. The summed E-state index contributed by atoms with van der Waals surface area (Å²) in [6, 6.07) is 13.3. The number of hydrogen-bond acceptors (Lipinski definition) is 12. The number of aromatic amines is 1. The highest BCUT2D eigenvalue weighted by atomic mass is 16.4. The number of nitrogens with two attached hydrogens (primary N) is 2. The second-order valence-corrected chi connectivity index (χ2v) is 17.0. The molecule has 3 aromatic carbocycles. The van der Waals surface area contributed by atoms with Gasteiger partial charge < -0.3 is 68.8 Å². The minimum absolute atomic E-state index is 0.0498. The summed E-state index contributed by atoms with van der Waals surface area (Å²) in [5.74, 6) is -12.1. The zero-order valence-electron chi connectivity index (χ0n) is 39.2. The van der Waals surface area contributed by atoms with Crippen molar-refractivity contribution in [2.75, 3.05) is 6.54 Å². The van der Waals surface area contributed by atoms with Crippen molar-refractivity contribution in [1.82, 2.24) is 36.9 Å². The Bertz CT molecular complexity index is 2520. The van der Waals surface area contributed by atoms with Gasteiger partial charge in [0.2, 0.25) is 35.4 Å². The van der Waals surface area contributed by atoms with Gasteiger partial charge in [0.25, 0.3) is 0 Å². The molecule has 4 aromatic rings. The molecule has 0 radical (unpaired) electrons. The number of carbonyl (C=O) groups excluding carboxylic acids is 6. The van der Waals surface area contributed by atoms with E-state index in [0.29, 0.717) is 17.5 Å². The molecule has 0 unspecified atom stereocenters. The number of benzene rings is 3. The molecule has 386 valence electrons. The van der Waals surface area contributed by atoms with Gasteiger partial charge in [-0.15, -0.1) is 0 Å². The van der Waals surface area contributed by atoms with Crippen LogP contribution in [0.25, 0.3) is 10.9 Å². The number of aliphatic carboxylic acids is 4. The Morgan fingerprint density at radius 2 is 0.903 bits per heavy atom. The first-order valence-corrected chi connectivity index (χ1v) is 23.1. The average Bonchev–Trinajstić information content (AvgIpc) is 3.75. The number of rotatable bonds is 31. The molecular formula is C49H61N9O14. The summed E-state index contributed by atoms with van der Waals surface area (Å²) in [7, 11) is 0. The van der Waals surface area contributed by atoms with Crippen LogP contribution in [0.4, 0.5) is 0 Å². The van der Waals surface area contributed by atoms with E-state index in [-0.39, 0.29) is 38.6 Å². The molecule has 0 fully saturated rings. The standard InChI is InChI=1S/C49H61N9O14/c50-22-10-9-17-34(53-47(69)37(23-28-11-3-1-4-12-28)56-43(65)32(51)25-30-27-52-33-16-8-7-15-31(30)33)44(66)57-38(26-42(63)64)48(70)55-35(18-20-40(59)60)45(67)54-36(19-21-41(61)62)46(68)58-39(49(71)72)24-29-13-5-2-6-14-29/h1-8,11-16,27,32,34-39,52H,9-10,17-26,50-51H2,(H,53,69)(H,54,67)(H,55,70)(H,56,65)(H,57,66)(H,58,68)(H,59,60)(H,61,62)(H,63,64)(H,71,72)/t32-,34-,35-,36-,37-,38-,39-/m0/s1. The van der Waals surface area contributed by atoms with Crippen molar-refractivity contribution in [1.29, 1.82) is 0 Å². The van der Waals surface area contributed by atoms with Crippen molar-refractivity contribution in [3.05, 3.63) is 108 Å². The molecule has 1 heterocycles. The van der Waals surface area contributed by atoms with E-state index >= 15 is 0 Å². The summed E-state index contributed by atoms with van der Waals surface area (Å²) in [6.07, 6.45) is -1.64. The molecule has 7 atom stereocenters. The number of carboxylic acids is 4. The van der Waals surface area contributed by atoms with Gasteiger partial charge in [0.15, 0.2) is 0 Å². The first-order valence-electron chi connectivity index (χ1n) is 23.1. The highest BCUT2D eigenvalue weighted by Crippen LogP contribution is 2.19. The van der Waals surface area contributed by atoms with Crippen LogP contribution in [0.3, 0.4) is 0 Å². The fourth-order valence-electron chi connectivity index (χ4n) is 7.60. The lowest BCUT2D eigenvalue weighted by Crippen LogP contribution is -2.60. The van der Waals surface area contributed by atoms with Crippen molar-refractivity contribution in [2.24, 2.45) is 11.5 Å². The largest absolute Gasteiger partial charge is 0.481 e. The zero-order valence-corrected chi connectivity index (χ0v) is 39.2. The Hall–Kier alpha value is -8.18. The lowest BCUT2D eigenvalue weighted by atomic mass is 10.0. The molecule has 0 saturated heterocycles. The van der Waals surface area contributed by atoms with Crippen LogP contribution in [0.5, 0.6) is 0 Å². The van der Waals surface area contributed by atoms with Gasteiger partial charge in [-0.1, -0.05) is 78.9 Å². The predicted molar refractivity (Wildman–Crippen MR) is 258 cm³/mol. The van der Waals surface area contributed by atoms with Gasteiger partial charge in [-0.05, 0) is 67.8 Å². The second-order valence-electron chi connectivity index (χ2n) is 17.0. The molecule has 23 heteroatoms. The molecule has 23 nitrogen and oxygen atoms in total. The van der Waals surface area contributed by atoms with Crippen LogP contribution in [0.2, 0.25) is 0 Å². The number of para-hydroxylation sites is 1. The maximum absolute atomic E-state index is 14.2. The monoisotopic (exact) mass is 999 g/mol. The molecule has 0 aliphatic rings. The van der Waals surface area contributed by atoms with Crippen LogP contribution in [0, 0.1) is 0 Å². The summed E-state index contributed by atoms with van der Waals surface area (Å²) in [5.41, 5.74) is 14.8. The average molecular weight is 1000 g/mol. The SMILES string of the molecule is NCCCC[C@H](NC(=O)[C@H](Cc1ccccc1)NC(=O)[C@@H](N)Cc1c[nH]c2ccccc12)C(=O)N[C@@H](CC(=O)O)C(=O)N[C@@H](CCC(=O)O)C(=O)N[C@@H](CCC(=O)O)C(=O)N[C@@H](Cc1ccccc1)C(=O)O. The van der Waals surface area contributed by atoms with Gasteiger partial charge in [-0.3, -0.25) is 43.2 Å². The van der Waals surface area contributed by atoms with Crippen molar-refractivity contribution < 1.29 is 68.4 Å². The maximum Gasteiger partial charge on any atom is 0.326 e. The third-order valence-electron chi connectivity index (χ3n) is 11.4. The van der Waals surface area contributed by atoms with Crippen molar-refractivity contribution in [3.63, 3.8) is 0 Å². The fraction of sp³-hybridized carbons (Fsp3) is 0.388. The molecule has 6 amide bonds. The van der Waals surface area contributed by atoms with Gasteiger partial charge in [0, 0.05) is 42.8 Å². The highest BCUT2D eigenvalue weighted by Gasteiger charge is 2.35. The third-order valence-corrected chi connectivity index (χ3v) is 11.4. The smallest absolute Gasteiger partial charge is 0.326 e. The lowest BCUT2D eigenvalue weighted by molar-refractivity contribution is -0.143. The predicted octanol–water partition coefficient (Wildman–Crippen LogP) is -0.150. The molecular weight excluding hydrogens is 939 g/mol. The van der Waals surface area contributed by atoms with Gasteiger partial charge in [0.1, 0.15) is 36.3 Å². The second kappa shape index (κ2) is 28.5. The summed E-state index contributed by atoms with van der Waals surface area (Å²) in [6.45, 7) is 0.194. The third kappa shape index (κ3) is 18.6. The van der Waals surface area contributed by atoms with Crippen LogP contribution in [0.15, 0.2) is 91.1 Å². The van der Waals surface area contributed by atoms with E-state index in [9.17, 15) is 68.4 Å². The van der Waals surface area contributed by atoms with E-state index < -0.39 is 134 Å². The molecule has 0 bridgehead atoms. The topological polar surface area (TPSA) is 392 Å². The number of nitrogens with one attached hydrogen (secondary N) is 7. The Labute approximate surface area is 413 Å². The van der Waals surface area contributed by atoms with Gasteiger partial charge in [-0.25, -0.2) is 4.79 Å². The van der Waals surface area contributed by atoms with Crippen LogP contribution < -0.4 is 43.4 Å². The Kier molecular flexibility index (Phi) is 22.3. The minimum atomic E-state index is -1.97. The number of H-pyrrole nitrogens is 1. The quantitative estimate of drug-likeness (QED) is 0.0292. The zero-order chi connectivity index (χ0) is 52.7. The molecule has 0 aliphatic heterocycles. The van der Waals surface area contributed by atoms with E-state index in [0.717, 1.165) is 16.5 Å². The Morgan fingerprint density at radius 1 is 0.472 bits per heavy atom. The summed E-state index contributed by atoms with van der Waals surface area (Å²) in [4.78, 5) is 134. The van der Waals surface area contributed by atoms with E-state index in [4.69, 9.17) is 11.5 Å². The van der Waals surface area contributed by atoms with Crippen LogP contribution in [-0.2, 0) is 67.2 Å². The van der Waals surface area contributed by atoms with Gasteiger partial charge >= 0.3 is 23.9 Å². The molecule has 15 N–H and O–H groups in total. The van der Waals surface area contributed by atoms with Crippen LogP contribution in [-0.4, -0.2) is 134 Å². The number of carboxylic acid groups (broad SMARTS) is 4. The molecule has 4 rings (SSSR count). The summed E-state index contributed by atoms with van der Waals surface area (Å²) < 4.78 is 0. The van der Waals surface area contributed by atoms with Gasteiger partial charge in [0.05, 0.1) is 12.5 Å². The van der Waals surface area contributed by atoms with E-state index in [2.05, 4.69) is 36.9 Å². The van der Waals surface area contributed by atoms with Crippen LogP contribution >= 0.6 is 0 Å². The summed E-state index contributed by atoms with van der Waals surface area (Å²) >= 11 is 0. The number of hydrogen-bond donors (Lipinski definition) is 13. The van der Waals surface area contributed by atoms with Gasteiger partial charge in [-0.2, -0.15) is 0 Å². The van der Waals surface area contributed by atoms with E-state index in [1.807, 2.05) is 24.3 Å². The molecule has 72 heavy (non-hydrogen) atoms. The molecule has 0 saturated carbocycles. The number of unbranched alkanes of at least 4 members (excludes halogenated alkanes) is 1. The maximum atomic E-state index is 14.2. The molecule has 0 aliphatic carbocycles. The molecule has 1 aromatic heterocycles. The number of amides is 6. The number of carbonyl (C=O) groups is 10. The minimum Gasteiger partial charge on any atom is -0.481 e.